The van der Waals surface area contributed by atoms with Crippen LogP contribution in [0.25, 0.3) is 0 Å². The lowest BCUT2D eigenvalue weighted by Crippen LogP contribution is -2.30. The van der Waals surface area contributed by atoms with Crippen molar-refractivity contribution >= 4 is 11.6 Å². The molecule has 2 atom stereocenters. The van der Waals surface area contributed by atoms with Crippen molar-refractivity contribution in [2.45, 2.75) is 44.4 Å². The first kappa shape index (κ1) is 16.4. The van der Waals surface area contributed by atoms with E-state index < -0.39 is 0 Å². The van der Waals surface area contributed by atoms with Crippen LogP contribution in [0.15, 0.2) is 12.1 Å². The van der Waals surface area contributed by atoms with E-state index in [1.807, 2.05) is 13.1 Å². The van der Waals surface area contributed by atoms with Gasteiger partial charge in [-0.25, -0.2) is 0 Å². The number of ether oxygens (including phenoxy) is 3. The van der Waals surface area contributed by atoms with Gasteiger partial charge in [0, 0.05) is 36.7 Å². The number of hydrogen-bond acceptors (Lipinski definition) is 4. The van der Waals surface area contributed by atoms with Crippen LogP contribution in [0.4, 0.5) is 0 Å². The molecule has 0 amide bonds. The summed E-state index contributed by atoms with van der Waals surface area (Å²) in [7, 11) is 5.31. The standard InChI is InChI=1S/C16H24ClNO3/c1-18-10-11-7-12(17)8-15(20-3)16(11)21-14-6-4-5-13(9-14)19-2/h7-8,13-14,18H,4-6,9-10H2,1-3H3. The summed E-state index contributed by atoms with van der Waals surface area (Å²) < 4.78 is 17.2. The molecule has 2 unspecified atom stereocenters. The zero-order valence-electron chi connectivity index (χ0n) is 12.9. The Balaban J connectivity index is 2.20. The minimum atomic E-state index is 0.161. The fraction of sp³-hybridized carbons (Fsp3) is 0.625. The van der Waals surface area contributed by atoms with Crippen LogP contribution in [0.5, 0.6) is 11.5 Å². The molecule has 1 N–H and O–H groups in total. The van der Waals surface area contributed by atoms with E-state index in [0.29, 0.717) is 17.3 Å². The van der Waals surface area contributed by atoms with Crippen molar-refractivity contribution in [1.29, 1.82) is 0 Å². The third-order valence-corrected chi connectivity index (χ3v) is 4.10. The summed E-state index contributed by atoms with van der Waals surface area (Å²) in [6.45, 7) is 0.687. The van der Waals surface area contributed by atoms with Crippen molar-refractivity contribution in [3.8, 4) is 11.5 Å². The second kappa shape index (κ2) is 7.87. The Labute approximate surface area is 131 Å². The van der Waals surface area contributed by atoms with E-state index in [9.17, 15) is 0 Å². The molecule has 118 valence electrons. The third-order valence-electron chi connectivity index (χ3n) is 3.88. The van der Waals surface area contributed by atoms with Crippen molar-refractivity contribution in [3.63, 3.8) is 0 Å². The predicted octanol–water partition coefficient (Wildman–Crippen LogP) is 3.40. The van der Waals surface area contributed by atoms with Crippen molar-refractivity contribution in [3.05, 3.63) is 22.7 Å². The number of rotatable bonds is 6. The van der Waals surface area contributed by atoms with Crippen LogP contribution in [0.3, 0.4) is 0 Å². The molecule has 0 bridgehead atoms. The Kier molecular flexibility index (Phi) is 6.15. The van der Waals surface area contributed by atoms with Crippen molar-refractivity contribution in [1.82, 2.24) is 5.32 Å². The van der Waals surface area contributed by atoms with Gasteiger partial charge in [-0.3, -0.25) is 0 Å². The third kappa shape index (κ3) is 4.25. The van der Waals surface area contributed by atoms with E-state index >= 15 is 0 Å². The molecule has 0 saturated heterocycles. The summed E-state index contributed by atoms with van der Waals surface area (Å²) in [6.07, 6.45) is 4.65. The maximum atomic E-state index is 6.24. The van der Waals surface area contributed by atoms with Gasteiger partial charge in [0.1, 0.15) is 6.10 Å². The highest BCUT2D eigenvalue weighted by atomic mass is 35.5. The SMILES string of the molecule is CNCc1cc(Cl)cc(OC)c1OC1CCCC(OC)C1. The first-order chi connectivity index (χ1) is 10.2. The van der Waals surface area contributed by atoms with Gasteiger partial charge in [0.05, 0.1) is 13.2 Å². The molecule has 1 aliphatic carbocycles. The first-order valence-electron chi connectivity index (χ1n) is 7.38. The summed E-state index contributed by atoms with van der Waals surface area (Å²) in [6, 6.07) is 3.72. The molecule has 5 heteroatoms. The normalized spacial score (nSPS) is 22.1. The summed E-state index contributed by atoms with van der Waals surface area (Å²) in [5, 5.41) is 3.80. The van der Waals surface area contributed by atoms with Gasteiger partial charge in [0.15, 0.2) is 11.5 Å². The molecular weight excluding hydrogens is 290 g/mol. The highest BCUT2D eigenvalue weighted by Gasteiger charge is 2.25. The average Bonchev–Trinajstić information content (AvgIpc) is 2.50. The van der Waals surface area contributed by atoms with E-state index in [1.165, 1.54) is 0 Å². The molecule has 1 fully saturated rings. The molecule has 0 radical (unpaired) electrons. The van der Waals surface area contributed by atoms with Crippen LogP contribution >= 0.6 is 11.6 Å². The highest BCUT2D eigenvalue weighted by molar-refractivity contribution is 6.30. The zero-order chi connectivity index (χ0) is 15.2. The zero-order valence-corrected chi connectivity index (χ0v) is 13.7. The minimum absolute atomic E-state index is 0.161. The van der Waals surface area contributed by atoms with Gasteiger partial charge >= 0.3 is 0 Å². The maximum absolute atomic E-state index is 6.24. The van der Waals surface area contributed by atoms with E-state index in [2.05, 4.69) is 5.32 Å². The van der Waals surface area contributed by atoms with Crippen LogP contribution in [-0.2, 0) is 11.3 Å². The molecule has 1 aliphatic rings. The predicted molar refractivity (Wildman–Crippen MR) is 84.4 cm³/mol. The highest BCUT2D eigenvalue weighted by Crippen LogP contribution is 2.37. The van der Waals surface area contributed by atoms with Gasteiger partial charge in [0.25, 0.3) is 0 Å². The monoisotopic (exact) mass is 313 g/mol. The fourth-order valence-electron chi connectivity index (χ4n) is 2.82. The fourth-order valence-corrected chi connectivity index (χ4v) is 3.05. The molecule has 21 heavy (non-hydrogen) atoms. The van der Waals surface area contributed by atoms with Crippen LogP contribution in [0.2, 0.25) is 5.02 Å². The number of methoxy groups -OCH3 is 2. The van der Waals surface area contributed by atoms with Gasteiger partial charge in [-0.2, -0.15) is 0 Å². The second-order valence-electron chi connectivity index (χ2n) is 5.39. The number of nitrogens with one attached hydrogen (secondary N) is 1. The van der Waals surface area contributed by atoms with Gasteiger partial charge in [-0.1, -0.05) is 11.6 Å². The van der Waals surface area contributed by atoms with Crippen LogP contribution in [0.1, 0.15) is 31.2 Å². The van der Waals surface area contributed by atoms with Crippen molar-refractivity contribution in [2.24, 2.45) is 0 Å². The van der Waals surface area contributed by atoms with Crippen molar-refractivity contribution < 1.29 is 14.2 Å². The largest absolute Gasteiger partial charge is 0.493 e. The lowest BCUT2D eigenvalue weighted by atomic mass is 9.95. The molecule has 4 nitrogen and oxygen atoms in total. The van der Waals surface area contributed by atoms with Crippen LogP contribution in [-0.4, -0.2) is 33.5 Å². The van der Waals surface area contributed by atoms with Gasteiger partial charge < -0.3 is 19.5 Å². The van der Waals surface area contributed by atoms with Crippen LogP contribution < -0.4 is 14.8 Å². The summed E-state index contributed by atoms with van der Waals surface area (Å²) in [5.41, 5.74) is 1.02. The molecule has 1 aromatic rings. The lowest BCUT2D eigenvalue weighted by molar-refractivity contribution is 0.0198. The molecule has 0 heterocycles. The summed E-state index contributed by atoms with van der Waals surface area (Å²) in [5.74, 6) is 1.48. The molecule has 1 saturated carbocycles. The Bertz CT molecular complexity index is 467. The molecule has 0 aliphatic heterocycles. The summed E-state index contributed by atoms with van der Waals surface area (Å²) >= 11 is 6.14. The number of benzene rings is 1. The Hall–Kier alpha value is -0.970. The van der Waals surface area contributed by atoms with Gasteiger partial charge in [-0.05, 0) is 32.4 Å². The second-order valence-corrected chi connectivity index (χ2v) is 5.83. The molecule has 2 rings (SSSR count). The molecule has 0 aromatic heterocycles. The van der Waals surface area contributed by atoms with E-state index in [1.54, 1.807) is 20.3 Å². The smallest absolute Gasteiger partial charge is 0.166 e. The van der Waals surface area contributed by atoms with E-state index in [4.69, 9.17) is 25.8 Å². The molecule has 0 spiro atoms. The molecular formula is C16H24ClNO3. The number of halogens is 1. The average molecular weight is 314 g/mol. The van der Waals surface area contributed by atoms with Gasteiger partial charge in [-0.15, -0.1) is 0 Å². The maximum Gasteiger partial charge on any atom is 0.166 e. The van der Waals surface area contributed by atoms with E-state index in [0.717, 1.165) is 37.0 Å². The number of hydrogen-bond donors (Lipinski definition) is 1. The summed E-state index contributed by atoms with van der Waals surface area (Å²) in [4.78, 5) is 0. The Morgan fingerprint density at radius 2 is 2.00 bits per heavy atom. The Morgan fingerprint density at radius 3 is 2.67 bits per heavy atom. The first-order valence-corrected chi connectivity index (χ1v) is 7.76. The Morgan fingerprint density at radius 1 is 1.24 bits per heavy atom. The minimum Gasteiger partial charge on any atom is -0.493 e. The lowest BCUT2D eigenvalue weighted by Gasteiger charge is -2.30. The van der Waals surface area contributed by atoms with Crippen LogP contribution in [0, 0.1) is 0 Å². The topological polar surface area (TPSA) is 39.7 Å². The van der Waals surface area contributed by atoms with E-state index in [-0.39, 0.29) is 12.2 Å². The van der Waals surface area contributed by atoms with Gasteiger partial charge in [0.2, 0.25) is 0 Å². The quantitative estimate of drug-likeness (QED) is 0.873. The van der Waals surface area contributed by atoms with Crippen molar-refractivity contribution in [2.75, 3.05) is 21.3 Å². The molecule has 1 aromatic carbocycles.